The van der Waals surface area contributed by atoms with Crippen molar-refractivity contribution >= 4 is 0 Å². The molecule has 0 bridgehead atoms. The van der Waals surface area contributed by atoms with Gasteiger partial charge in [-0.2, -0.15) is 13.2 Å². The lowest BCUT2D eigenvalue weighted by atomic mass is 9.79. The van der Waals surface area contributed by atoms with E-state index in [1.54, 1.807) is 0 Å². The van der Waals surface area contributed by atoms with E-state index in [2.05, 4.69) is 0 Å². The molecule has 0 radical (unpaired) electrons. The van der Waals surface area contributed by atoms with Crippen molar-refractivity contribution in [1.82, 2.24) is 0 Å². The third kappa shape index (κ3) is 3.20. The van der Waals surface area contributed by atoms with E-state index in [-0.39, 0.29) is 0 Å². The van der Waals surface area contributed by atoms with Gasteiger partial charge in [0.1, 0.15) is 0 Å². The number of hydrogen-bond donors (Lipinski definition) is 0. The van der Waals surface area contributed by atoms with Crippen molar-refractivity contribution in [2.75, 3.05) is 0 Å². The molecular weight excluding hydrogens is 177 g/mol. The highest BCUT2D eigenvalue weighted by atomic mass is 19.4. The summed E-state index contributed by atoms with van der Waals surface area (Å²) in [4.78, 5) is 0. The van der Waals surface area contributed by atoms with Gasteiger partial charge in [-0.1, -0.05) is 32.6 Å². The summed E-state index contributed by atoms with van der Waals surface area (Å²) in [6.07, 6.45) is 0.505. The van der Waals surface area contributed by atoms with E-state index < -0.39 is 12.1 Å². The summed E-state index contributed by atoms with van der Waals surface area (Å²) in [6.45, 7) is 2.04. The fraction of sp³-hybridized carbons (Fsp3) is 1.00. The summed E-state index contributed by atoms with van der Waals surface area (Å²) in [7, 11) is 0. The molecule has 0 nitrogen and oxygen atoms in total. The lowest BCUT2D eigenvalue weighted by Crippen LogP contribution is -2.28. The Balaban J connectivity index is 2.42. The first-order chi connectivity index (χ1) is 6.04. The first kappa shape index (κ1) is 10.9. The van der Waals surface area contributed by atoms with Gasteiger partial charge in [-0.05, 0) is 18.8 Å². The molecule has 2 atom stereocenters. The van der Waals surface area contributed by atoms with E-state index in [0.717, 1.165) is 25.7 Å². The molecule has 0 aromatic rings. The second-order valence-corrected chi connectivity index (χ2v) is 4.06. The van der Waals surface area contributed by atoms with E-state index in [4.69, 9.17) is 0 Å². The molecule has 1 unspecified atom stereocenters. The van der Waals surface area contributed by atoms with Crippen LogP contribution in [0.3, 0.4) is 0 Å². The Kier molecular flexibility index (Phi) is 3.63. The van der Waals surface area contributed by atoms with E-state index in [9.17, 15) is 13.2 Å². The minimum Gasteiger partial charge on any atom is -0.171 e. The van der Waals surface area contributed by atoms with Crippen LogP contribution in [0.25, 0.3) is 0 Å². The van der Waals surface area contributed by atoms with Crippen LogP contribution in [0, 0.1) is 11.8 Å². The Morgan fingerprint density at radius 3 is 2.46 bits per heavy atom. The quantitative estimate of drug-likeness (QED) is 0.619. The van der Waals surface area contributed by atoms with E-state index >= 15 is 0 Å². The smallest absolute Gasteiger partial charge is 0.171 e. The van der Waals surface area contributed by atoms with Crippen molar-refractivity contribution in [2.24, 2.45) is 11.8 Å². The Bertz CT molecular complexity index is 149. The van der Waals surface area contributed by atoms with Crippen molar-refractivity contribution in [3.8, 4) is 0 Å². The fourth-order valence-electron chi connectivity index (χ4n) is 2.26. The maximum Gasteiger partial charge on any atom is 0.391 e. The molecule has 1 aliphatic carbocycles. The summed E-state index contributed by atoms with van der Waals surface area (Å²) in [5.74, 6) is -0.692. The summed E-state index contributed by atoms with van der Waals surface area (Å²) in [6, 6.07) is 0. The maximum absolute atomic E-state index is 12.4. The molecule has 0 N–H and O–H groups in total. The van der Waals surface area contributed by atoms with Gasteiger partial charge in [0.2, 0.25) is 0 Å². The van der Waals surface area contributed by atoms with Gasteiger partial charge in [0.05, 0.1) is 5.92 Å². The number of hydrogen-bond acceptors (Lipinski definition) is 0. The van der Waals surface area contributed by atoms with Crippen LogP contribution in [-0.2, 0) is 0 Å². The molecule has 1 rings (SSSR count). The first-order valence-electron chi connectivity index (χ1n) is 5.10. The Morgan fingerprint density at radius 1 is 1.23 bits per heavy atom. The minimum absolute atomic E-state index is 0.324. The molecule has 78 valence electrons. The third-order valence-corrected chi connectivity index (χ3v) is 2.94. The molecular formula is C10H17F3. The number of rotatable bonds is 2. The van der Waals surface area contributed by atoms with Crippen molar-refractivity contribution in [2.45, 2.75) is 51.6 Å². The Labute approximate surface area is 77.5 Å². The van der Waals surface area contributed by atoms with Crippen LogP contribution in [0.15, 0.2) is 0 Å². The molecule has 1 aliphatic rings. The van der Waals surface area contributed by atoms with Gasteiger partial charge >= 0.3 is 6.18 Å². The molecule has 1 fully saturated rings. The van der Waals surface area contributed by atoms with Gasteiger partial charge in [0.25, 0.3) is 0 Å². The molecule has 0 saturated heterocycles. The number of halogens is 3. The van der Waals surface area contributed by atoms with Crippen molar-refractivity contribution in [3.05, 3.63) is 0 Å². The molecule has 13 heavy (non-hydrogen) atoms. The Hall–Kier alpha value is -0.210. The zero-order valence-corrected chi connectivity index (χ0v) is 8.03. The summed E-state index contributed by atoms with van der Waals surface area (Å²) < 4.78 is 37.1. The van der Waals surface area contributed by atoms with Crippen molar-refractivity contribution in [1.29, 1.82) is 0 Å². The average molecular weight is 194 g/mol. The van der Waals surface area contributed by atoms with Gasteiger partial charge in [0, 0.05) is 0 Å². The predicted octanol–water partition coefficient (Wildman–Crippen LogP) is 4.16. The average Bonchev–Trinajstić information content (AvgIpc) is 2.04. The second kappa shape index (κ2) is 4.34. The Morgan fingerprint density at radius 2 is 1.92 bits per heavy atom. The lowest BCUT2D eigenvalue weighted by Gasteiger charge is -2.30. The van der Waals surface area contributed by atoms with Crippen LogP contribution >= 0.6 is 0 Å². The minimum atomic E-state index is -3.95. The highest BCUT2D eigenvalue weighted by Crippen LogP contribution is 2.41. The largest absolute Gasteiger partial charge is 0.391 e. The van der Waals surface area contributed by atoms with Gasteiger partial charge in [-0.15, -0.1) is 0 Å². The van der Waals surface area contributed by atoms with E-state index in [0.29, 0.717) is 18.8 Å². The standard InChI is InChI=1S/C10H17F3/c1-2-4-8-5-3-6-9(7-8)10(11,12)13/h8-9H,2-7H2,1H3/t8?,9-/m0/s1. The van der Waals surface area contributed by atoms with Gasteiger partial charge in [0.15, 0.2) is 0 Å². The lowest BCUT2D eigenvalue weighted by molar-refractivity contribution is -0.185. The van der Waals surface area contributed by atoms with Crippen LogP contribution in [0.2, 0.25) is 0 Å². The summed E-state index contributed by atoms with van der Waals surface area (Å²) in [5.41, 5.74) is 0. The summed E-state index contributed by atoms with van der Waals surface area (Å²) in [5, 5.41) is 0. The van der Waals surface area contributed by atoms with E-state index in [1.165, 1.54) is 0 Å². The maximum atomic E-state index is 12.4. The third-order valence-electron chi connectivity index (χ3n) is 2.94. The molecule has 0 amide bonds. The van der Waals surface area contributed by atoms with Crippen LogP contribution < -0.4 is 0 Å². The molecule has 0 aromatic heterocycles. The number of alkyl halides is 3. The van der Waals surface area contributed by atoms with E-state index in [1.807, 2.05) is 6.92 Å². The van der Waals surface area contributed by atoms with Gasteiger partial charge < -0.3 is 0 Å². The highest BCUT2D eigenvalue weighted by molar-refractivity contribution is 4.77. The van der Waals surface area contributed by atoms with Crippen molar-refractivity contribution in [3.63, 3.8) is 0 Å². The van der Waals surface area contributed by atoms with Gasteiger partial charge in [-0.25, -0.2) is 0 Å². The zero-order valence-electron chi connectivity index (χ0n) is 8.03. The van der Waals surface area contributed by atoms with Crippen LogP contribution in [0.4, 0.5) is 13.2 Å². The highest BCUT2D eigenvalue weighted by Gasteiger charge is 2.41. The zero-order chi connectivity index (χ0) is 9.90. The fourth-order valence-corrected chi connectivity index (χ4v) is 2.26. The van der Waals surface area contributed by atoms with Gasteiger partial charge in [-0.3, -0.25) is 0 Å². The first-order valence-corrected chi connectivity index (χ1v) is 5.10. The van der Waals surface area contributed by atoms with Crippen LogP contribution in [-0.4, -0.2) is 6.18 Å². The summed E-state index contributed by atoms with van der Waals surface area (Å²) >= 11 is 0. The predicted molar refractivity (Wildman–Crippen MR) is 46.4 cm³/mol. The molecule has 0 heterocycles. The molecule has 0 aromatic carbocycles. The molecule has 3 heteroatoms. The molecule has 1 saturated carbocycles. The van der Waals surface area contributed by atoms with Crippen LogP contribution in [0.5, 0.6) is 0 Å². The second-order valence-electron chi connectivity index (χ2n) is 4.06. The normalized spacial score (nSPS) is 30.5. The molecule has 0 aliphatic heterocycles. The topological polar surface area (TPSA) is 0 Å². The SMILES string of the molecule is CCCC1CCC[C@H](C(F)(F)F)C1. The monoisotopic (exact) mass is 194 g/mol. The molecule has 0 spiro atoms. The van der Waals surface area contributed by atoms with Crippen LogP contribution in [0.1, 0.15) is 45.4 Å². The van der Waals surface area contributed by atoms with Crippen molar-refractivity contribution < 1.29 is 13.2 Å².